The average molecular weight is 903 g/mol. The Morgan fingerprint density at radius 1 is 0.438 bits per heavy atom. The zero-order chi connectivity index (χ0) is 46.5. The van der Waals surface area contributed by atoms with E-state index in [4.69, 9.17) is 4.74 Å². The third-order valence-corrected chi connectivity index (χ3v) is 13.3. The molecule has 0 aromatic heterocycles. The maximum atomic E-state index is 12.5. The standard InChI is InChI=1S/C58H111NO5/c1-3-5-7-9-11-13-15-17-19-20-21-22-23-24-25-27-28-30-34-38-42-46-50-56(61)55(54-60)59-57(62)51-47-43-39-35-32-33-37-41-45-49-53-64-58(63)52-48-44-40-36-31-29-26-18-16-14-12-10-8-6-4-2/h12,14,18,26,55-56,60-61H,3-11,13,15-17,19-25,27-54H2,1-2H3,(H,59,62)/b14-12-,26-18-. The fourth-order valence-electron chi connectivity index (χ4n) is 8.85. The van der Waals surface area contributed by atoms with Crippen LogP contribution in [-0.2, 0) is 14.3 Å². The average Bonchev–Trinajstić information content (AvgIpc) is 3.29. The zero-order valence-corrected chi connectivity index (χ0v) is 43.0. The third kappa shape index (κ3) is 49.8. The molecule has 0 aliphatic rings. The second-order valence-electron chi connectivity index (χ2n) is 19.6. The Hall–Kier alpha value is -1.66. The number of aliphatic hydroxyl groups excluding tert-OH is 2. The van der Waals surface area contributed by atoms with E-state index < -0.39 is 12.1 Å². The van der Waals surface area contributed by atoms with Gasteiger partial charge in [-0.25, -0.2) is 0 Å². The summed E-state index contributed by atoms with van der Waals surface area (Å²) in [5, 5.41) is 23.3. The smallest absolute Gasteiger partial charge is 0.305 e. The molecular weight excluding hydrogens is 791 g/mol. The molecule has 2 unspecified atom stereocenters. The van der Waals surface area contributed by atoms with Crippen molar-refractivity contribution in [2.24, 2.45) is 0 Å². The first-order valence-electron chi connectivity index (χ1n) is 28.6. The van der Waals surface area contributed by atoms with Gasteiger partial charge in [-0.3, -0.25) is 9.59 Å². The number of unbranched alkanes of at least 4 members (excludes halogenated alkanes) is 38. The quantitative estimate of drug-likeness (QED) is 0.0321. The summed E-state index contributed by atoms with van der Waals surface area (Å²) in [4.78, 5) is 24.5. The lowest BCUT2D eigenvalue weighted by molar-refractivity contribution is -0.143. The molecule has 0 aliphatic carbocycles. The summed E-state index contributed by atoms with van der Waals surface area (Å²) in [5.41, 5.74) is 0. The highest BCUT2D eigenvalue weighted by molar-refractivity contribution is 5.76. The molecule has 6 nitrogen and oxygen atoms in total. The van der Waals surface area contributed by atoms with Crippen LogP contribution in [0.25, 0.3) is 0 Å². The van der Waals surface area contributed by atoms with Gasteiger partial charge in [-0.05, 0) is 57.8 Å². The highest BCUT2D eigenvalue weighted by atomic mass is 16.5. The minimum atomic E-state index is -0.681. The largest absolute Gasteiger partial charge is 0.466 e. The SMILES string of the molecule is CCCCC/C=C\C/C=C\CCCCCCCC(=O)OCCCCCCCCCCCCC(=O)NC(CO)C(O)CCCCCCCCCCCCCCCCCCCCCCCC. The van der Waals surface area contributed by atoms with Gasteiger partial charge in [0.15, 0.2) is 0 Å². The molecule has 0 saturated carbocycles. The number of aliphatic hydroxyl groups is 2. The summed E-state index contributed by atoms with van der Waals surface area (Å²) < 4.78 is 5.45. The molecule has 1 amide bonds. The summed E-state index contributed by atoms with van der Waals surface area (Å²) in [6, 6.07) is -0.560. The van der Waals surface area contributed by atoms with Gasteiger partial charge in [0.1, 0.15) is 0 Å². The minimum Gasteiger partial charge on any atom is -0.466 e. The van der Waals surface area contributed by atoms with Crippen LogP contribution in [0.1, 0.15) is 309 Å². The summed E-state index contributed by atoms with van der Waals surface area (Å²) in [6.45, 7) is 4.89. The Morgan fingerprint density at radius 2 is 0.781 bits per heavy atom. The zero-order valence-electron chi connectivity index (χ0n) is 43.0. The summed E-state index contributed by atoms with van der Waals surface area (Å²) in [5.74, 6) is -0.0881. The molecule has 0 spiro atoms. The van der Waals surface area contributed by atoms with Crippen LogP contribution in [0, 0.1) is 0 Å². The maximum Gasteiger partial charge on any atom is 0.305 e. The van der Waals surface area contributed by atoms with Gasteiger partial charge in [-0.1, -0.05) is 263 Å². The number of carbonyl (C=O) groups excluding carboxylic acids is 2. The Balaban J connectivity index is 3.48. The van der Waals surface area contributed by atoms with E-state index in [0.717, 1.165) is 70.6 Å². The first-order chi connectivity index (χ1) is 31.5. The van der Waals surface area contributed by atoms with E-state index in [1.165, 1.54) is 205 Å². The van der Waals surface area contributed by atoms with Crippen molar-refractivity contribution >= 4 is 11.9 Å². The molecule has 0 aliphatic heterocycles. The predicted octanol–water partition coefficient (Wildman–Crippen LogP) is 17.5. The molecule has 6 heteroatoms. The van der Waals surface area contributed by atoms with E-state index in [2.05, 4.69) is 43.5 Å². The van der Waals surface area contributed by atoms with Crippen LogP contribution in [0.15, 0.2) is 24.3 Å². The van der Waals surface area contributed by atoms with Crippen LogP contribution in [0.4, 0.5) is 0 Å². The van der Waals surface area contributed by atoms with Crippen molar-refractivity contribution in [3.63, 3.8) is 0 Å². The van der Waals surface area contributed by atoms with Crippen LogP contribution in [0.5, 0.6) is 0 Å². The van der Waals surface area contributed by atoms with Crippen molar-refractivity contribution in [2.45, 2.75) is 321 Å². The molecule has 0 bridgehead atoms. The van der Waals surface area contributed by atoms with Gasteiger partial charge < -0.3 is 20.3 Å². The number of hydrogen-bond donors (Lipinski definition) is 3. The van der Waals surface area contributed by atoms with Gasteiger partial charge in [0.25, 0.3) is 0 Å². The highest BCUT2D eigenvalue weighted by Crippen LogP contribution is 2.17. The lowest BCUT2D eigenvalue weighted by atomic mass is 10.0. The first-order valence-corrected chi connectivity index (χ1v) is 28.6. The van der Waals surface area contributed by atoms with Gasteiger partial charge >= 0.3 is 5.97 Å². The highest BCUT2D eigenvalue weighted by Gasteiger charge is 2.20. The lowest BCUT2D eigenvalue weighted by Crippen LogP contribution is -2.45. The molecule has 0 aromatic rings. The number of esters is 1. The van der Waals surface area contributed by atoms with Crippen molar-refractivity contribution in [1.29, 1.82) is 0 Å². The fraction of sp³-hybridized carbons (Fsp3) is 0.897. The molecule has 2 atom stereocenters. The first kappa shape index (κ1) is 62.3. The number of nitrogens with one attached hydrogen (secondary N) is 1. The summed E-state index contributed by atoms with van der Waals surface area (Å²) in [6.07, 6.45) is 64.4. The van der Waals surface area contributed by atoms with Crippen molar-refractivity contribution in [3.05, 3.63) is 24.3 Å². The molecular formula is C58H111NO5. The maximum absolute atomic E-state index is 12.5. The topological polar surface area (TPSA) is 95.9 Å². The molecule has 0 saturated heterocycles. The Labute approximate surface area is 399 Å². The minimum absolute atomic E-state index is 0.0319. The molecule has 3 N–H and O–H groups in total. The molecule has 0 aromatic carbocycles. The molecule has 0 rings (SSSR count). The van der Waals surface area contributed by atoms with Crippen molar-refractivity contribution in [3.8, 4) is 0 Å². The number of allylic oxidation sites excluding steroid dienone is 4. The van der Waals surface area contributed by atoms with Crippen molar-refractivity contribution < 1.29 is 24.5 Å². The van der Waals surface area contributed by atoms with Crippen molar-refractivity contribution in [1.82, 2.24) is 5.32 Å². The molecule has 64 heavy (non-hydrogen) atoms. The number of ether oxygens (including phenoxy) is 1. The molecule has 0 heterocycles. The van der Waals surface area contributed by atoms with E-state index in [1.54, 1.807) is 0 Å². The second-order valence-corrected chi connectivity index (χ2v) is 19.6. The predicted molar refractivity (Wildman–Crippen MR) is 278 cm³/mol. The van der Waals surface area contributed by atoms with Gasteiger partial charge in [-0.2, -0.15) is 0 Å². The Kier molecular flexibility index (Phi) is 52.6. The molecule has 0 fully saturated rings. The summed E-state index contributed by atoms with van der Waals surface area (Å²) >= 11 is 0. The monoisotopic (exact) mass is 902 g/mol. The second kappa shape index (κ2) is 54.0. The lowest BCUT2D eigenvalue weighted by Gasteiger charge is -2.22. The van der Waals surface area contributed by atoms with Gasteiger partial charge in [0.05, 0.1) is 25.4 Å². The van der Waals surface area contributed by atoms with Crippen LogP contribution >= 0.6 is 0 Å². The number of carbonyl (C=O) groups is 2. The van der Waals surface area contributed by atoms with E-state index in [-0.39, 0.29) is 18.5 Å². The van der Waals surface area contributed by atoms with Crippen molar-refractivity contribution in [2.75, 3.05) is 13.2 Å². The molecule has 378 valence electrons. The molecule has 0 radical (unpaired) electrons. The Morgan fingerprint density at radius 3 is 1.22 bits per heavy atom. The van der Waals surface area contributed by atoms with Gasteiger partial charge in [0.2, 0.25) is 5.91 Å². The number of hydrogen-bond acceptors (Lipinski definition) is 5. The van der Waals surface area contributed by atoms with Gasteiger partial charge in [0, 0.05) is 12.8 Å². The van der Waals surface area contributed by atoms with Gasteiger partial charge in [-0.15, -0.1) is 0 Å². The van der Waals surface area contributed by atoms with E-state index in [0.29, 0.717) is 25.9 Å². The van der Waals surface area contributed by atoms with E-state index in [9.17, 15) is 19.8 Å². The van der Waals surface area contributed by atoms with Crippen LogP contribution in [0.3, 0.4) is 0 Å². The normalized spacial score (nSPS) is 12.8. The van der Waals surface area contributed by atoms with Crippen LogP contribution < -0.4 is 5.32 Å². The Bertz CT molecular complexity index is 997. The number of amides is 1. The van der Waals surface area contributed by atoms with Crippen LogP contribution in [-0.4, -0.2) is 47.4 Å². The fourth-order valence-corrected chi connectivity index (χ4v) is 8.85. The van der Waals surface area contributed by atoms with E-state index >= 15 is 0 Å². The third-order valence-electron chi connectivity index (χ3n) is 13.3. The number of rotatable bonds is 53. The van der Waals surface area contributed by atoms with E-state index in [1.807, 2.05) is 0 Å². The van der Waals surface area contributed by atoms with Crippen LogP contribution in [0.2, 0.25) is 0 Å². The summed E-state index contributed by atoms with van der Waals surface area (Å²) in [7, 11) is 0.